The minimum Gasteiger partial charge on any atom is -0.508 e. The fourth-order valence-corrected chi connectivity index (χ4v) is 1.70. The molecule has 1 N–H and O–H groups in total. The number of phenolic OH excluding ortho intramolecular Hbond substituents is 1. The highest BCUT2D eigenvalue weighted by molar-refractivity contribution is 5.50. The van der Waals surface area contributed by atoms with Gasteiger partial charge in [-0.05, 0) is 36.4 Å². The van der Waals surface area contributed by atoms with Crippen LogP contribution in [0.1, 0.15) is 22.3 Å². The smallest absolute Gasteiger partial charge is 0.417 e. The zero-order valence-corrected chi connectivity index (χ0v) is 10.9. The predicted molar refractivity (Wildman–Crippen MR) is 70.2 cm³/mol. The van der Waals surface area contributed by atoms with Crippen LogP contribution in [-0.2, 0) is 6.18 Å². The first-order valence-electron chi connectivity index (χ1n) is 5.93. The molecule has 0 spiro atoms. The van der Waals surface area contributed by atoms with E-state index in [1.54, 1.807) is 6.07 Å². The van der Waals surface area contributed by atoms with Gasteiger partial charge in [-0.3, -0.25) is 0 Å². The average molecular weight is 305 g/mol. The second kappa shape index (κ2) is 5.79. The van der Waals surface area contributed by atoms with Gasteiger partial charge in [-0.2, -0.15) is 18.4 Å². The van der Waals surface area contributed by atoms with E-state index in [4.69, 9.17) is 10.4 Å². The molecule has 0 aliphatic carbocycles. The van der Waals surface area contributed by atoms with Crippen LogP contribution in [0.3, 0.4) is 0 Å². The van der Waals surface area contributed by atoms with Crippen LogP contribution in [0.5, 0.6) is 5.75 Å². The van der Waals surface area contributed by atoms with Crippen molar-refractivity contribution in [2.24, 2.45) is 0 Å². The van der Waals surface area contributed by atoms with E-state index in [0.717, 1.165) is 18.2 Å². The molecule has 0 amide bonds. The molecule has 6 heteroatoms. The Morgan fingerprint density at radius 2 is 1.59 bits per heavy atom. The standard InChI is InChI=1S/C16H7F4NO/c17-15-7-10(9-21)1-2-12(15)4-3-11-5-6-13(22)8-14(11)16(18,19)20/h1-2,5-8,22H. The van der Waals surface area contributed by atoms with E-state index < -0.39 is 23.3 Å². The van der Waals surface area contributed by atoms with E-state index in [2.05, 4.69) is 11.8 Å². The Morgan fingerprint density at radius 1 is 0.955 bits per heavy atom. The van der Waals surface area contributed by atoms with Gasteiger partial charge >= 0.3 is 6.18 Å². The Kier molecular flexibility index (Phi) is 4.05. The fourth-order valence-electron chi connectivity index (χ4n) is 1.70. The van der Waals surface area contributed by atoms with Crippen molar-refractivity contribution in [2.45, 2.75) is 6.18 Å². The summed E-state index contributed by atoms with van der Waals surface area (Å²) < 4.78 is 52.2. The molecule has 2 aromatic carbocycles. The third-order valence-electron chi connectivity index (χ3n) is 2.74. The van der Waals surface area contributed by atoms with E-state index >= 15 is 0 Å². The molecule has 0 atom stereocenters. The molecule has 0 radical (unpaired) electrons. The summed E-state index contributed by atoms with van der Waals surface area (Å²) in [6, 6.07) is 7.85. The summed E-state index contributed by atoms with van der Waals surface area (Å²) in [5.74, 6) is 3.20. The molecular weight excluding hydrogens is 298 g/mol. The first-order chi connectivity index (χ1) is 10.3. The van der Waals surface area contributed by atoms with Gasteiger partial charge in [0.05, 0.1) is 22.8 Å². The third kappa shape index (κ3) is 3.36. The Balaban J connectivity index is 2.47. The van der Waals surface area contributed by atoms with Crippen LogP contribution in [-0.4, -0.2) is 5.11 Å². The zero-order chi connectivity index (χ0) is 16.3. The van der Waals surface area contributed by atoms with Crippen LogP contribution in [0.2, 0.25) is 0 Å². The minimum absolute atomic E-state index is 0.0867. The van der Waals surface area contributed by atoms with Crippen LogP contribution >= 0.6 is 0 Å². The van der Waals surface area contributed by atoms with E-state index in [1.807, 2.05) is 0 Å². The second-order valence-electron chi connectivity index (χ2n) is 4.28. The van der Waals surface area contributed by atoms with Crippen molar-refractivity contribution in [2.75, 3.05) is 0 Å². The highest BCUT2D eigenvalue weighted by atomic mass is 19.4. The van der Waals surface area contributed by atoms with Gasteiger partial charge in [0, 0.05) is 5.56 Å². The molecule has 0 aromatic heterocycles. The topological polar surface area (TPSA) is 44.0 Å². The molecule has 0 fully saturated rings. The molecule has 0 bridgehead atoms. The largest absolute Gasteiger partial charge is 0.508 e. The van der Waals surface area contributed by atoms with E-state index in [-0.39, 0.29) is 16.7 Å². The predicted octanol–water partition coefficient (Wildman–Crippen LogP) is 3.82. The first kappa shape index (κ1) is 15.4. The summed E-state index contributed by atoms with van der Waals surface area (Å²) in [6.07, 6.45) is -4.69. The lowest BCUT2D eigenvalue weighted by Crippen LogP contribution is -2.07. The van der Waals surface area contributed by atoms with Gasteiger partial charge in [-0.25, -0.2) is 4.39 Å². The van der Waals surface area contributed by atoms with Gasteiger partial charge in [0.15, 0.2) is 0 Å². The molecule has 0 aliphatic heterocycles. The second-order valence-corrected chi connectivity index (χ2v) is 4.28. The molecule has 0 saturated carbocycles. The van der Waals surface area contributed by atoms with Gasteiger partial charge in [-0.15, -0.1) is 0 Å². The summed E-state index contributed by atoms with van der Waals surface area (Å²) in [6.45, 7) is 0. The van der Waals surface area contributed by atoms with E-state index in [9.17, 15) is 17.6 Å². The molecule has 2 aromatic rings. The lowest BCUT2D eigenvalue weighted by atomic mass is 10.1. The van der Waals surface area contributed by atoms with Crippen LogP contribution in [0.25, 0.3) is 0 Å². The number of benzene rings is 2. The fraction of sp³-hybridized carbons (Fsp3) is 0.0625. The lowest BCUT2D eigenvalue weighted by molar-refractivity contribution is -0.137. The van der Waals surface area contributed by atoms with Crippen molar-refractivity contribution < 1.29 is 22.7 Å². The van der Waals surface area contributed by atoms with Gasteiger partial charge in [0.25, 0.3) is 0 Å². The average Bonchev–Trinajstić information content (AvgIpc) is 2.46. The SMILES string of the molecule is N#Cc1ccc(C#Cc2ccc(O)cc2C(F)(F)F)c(F)c1. The maximum absolute atomic E-state index is 13.6. The van der Waals surface area contributed by atoms with Gasteiger partial charge < -0.3 is 5.11 Å². The van der Waals surface area contributed by atoms with Gasteiger partial charge in [0.2, 0.25) is 0 Å². The molecular formula is C16H7F4NO. The Hall–Kier alpha value is -2.99. The zero-order valence-electron chi connectivity index (χ0n) is 10.9. The van der Waals surface area contributed by atoms with Gasteiger partial charge in [0.1, 0.15) is 11.6 Å². The summed E-state index contributed by atoms with van der Waals surface area (Å²) >= 11 is 0. The number of alkyl halides is 3. The number of halogens is 4. The number of nitriles is 1. The monoisotopic (exact) mass is 305 g/mol. The van der Waals surface area contributed by atoms with Crippen LogP contribution in [0, 0.1) is 29.0 Å². The quantitative estimate of drug-likeness (QED) is 0.594. The number of rotatable bonds is 0. The number of phenols is 1. The van der Waals surface area contributed by atoms with Crippen molar-refractivity contribution in [1.29, 1.82) is 5.26 Å². The molecule has 2 rings (SSSR count). The Bertz CT molecular complexity index is 823. The van der Waals surface area contributed by atoms with Crippen LogP contribution in [0.4, 0.5) is 17.6 Å². The number of hydrogen-bond donors (Lipinski definition) is 1. The van der Waals surface area contributed by atoms with Crippen molar-refractivity contribution in [3.05, 3.63) is 64.5 Å². The van der Waals surface area contributed by atoms with Crippen molar-refractivity contribution >= 4 is 0 Å². The summed E-state index contributed by atoms with van der Waals surface area (Å²) in [4.78, 5) is 0. The first-order valence-corrected chi connectivity index (χ1v) is 5.93. The molecule has 0 heterocycles. The van der Waals surface area contributed by atoms with E-state index in [0.29, 0.717) is 6.07 Å². The van der Waals surface area contributed by atoms with Crippen LogP contribution in [0.15, 0.2) is 36.4 Å². The normalized spacial score (nSPS) is 10.5. The minimum atomic E-state index is -4.69. The summed E-state index contributed by atoms with van der Waals surface area (Å²) in [5, 5.41) is 17.8. The van der Waals surface area contributed by atoms with Crippen molar-refractivity contribution in [3.63, 3.8) is 0 Å². The maximum atomic E-state index is 13.6. The van der Waals surface area contributed by atoms with Gasteiger partial charge in [-0.1, -0.05) is 11.8 Å². The molecule has 2 nitrogen and oxygen atoms in total. The van der Waals surface area contributed by atoms with Crippen molar-refractivity contribution in [1.82, 2.24) is 0 Å². The van der Waals surface area contributed by atoms with Crippen molar-refractivity contribution in [3.8, 4) is 23.7 Å². The molecule has 0 aliphatic rings. The Morgan fingerprint density at radius 3 is 2.18 bits per heavy atom. The maximum Gasteiger partial charge on any atom is 0.417 e. The van der Waals surface area contributed by atoms with E-state index in [1.165, 1.54) is 12.1 Å². The van der Waals surface area contributed by atoms with Crippen LogP contribution < -0.4 is 0 Å². The highest BCUT2D eigenvalue weighted by Crippen LogP contribution is 2.33. The molecule has 110 valence electrons. The highest BCUT2D eigenvalue weighted by Gasteiger charge is 2.33. The summed E-state index contributed by atoms with van der Waals surface area (Å²) in [7, 11) is 0. The Labute approximate surface area is 123 Å². The number of aromatic hydroxyl groups is 1. The summed E-state index contributed by atoms with van der Waals surface area (Å²) in [5.41, 5.74) is -1.52. The molecule has 0 unspecified atom stereocenters. The lowest BCUT2D eigenvalue weighted by Gasteiger charge is -2.09. The molecule has 0 saturated heterocycles. The number of hydrogen-bond acceptors (Lipinski definition) is 2. The molecule has 22 heavy (non-hydrogen) atoms. The third-order valence-corrected chi connectivity index (χ3v) is 2.74. The number of nitrogens with zero attached hydrogens (tertiary/aromatic N) is 1.